The maximum atomic E-state index is 5.67. The van der Waals surface area contributed by atoms with E-state index in [9.17, 15) is 0 Å². The summed E-state index contributed by atoms with van der Waals surface area (Å²) in [5, 5.41) is 6.43. The lowest BCUT2D eigenvalue weighted by molar-refractivity contribution is 0.276. The van der Waals surface area contributed by atoms with Crippen molar-refractivity contribution in [2.75, 3.05) is 25.5 Å². The Morgan fingerprint density at radius 3 is 3.27 bits per heavy atom. The molecule has 1 aliphatic heterocycles. The van der Waals surface area contributed by atoms with E-state index in [1.165, 1.54) is 12.8 Å². The van der Waals surface area contributed by atoms with Crippen LogP contribution in [-0.4, -0.2) is 31.2 Å². The number of nitrogens with one attached hydrogen (secondary N) is 2. The van der Waals surface area contributed by atoms with Crippen molar-refractivity contribution >= 4 is 5.69 Å². The van der Waals surface area contributed by atoms with Gasteiger partial charge in [-0.25, -0.2) is 0 Å². The third kappa shape index (κ3) is 2.83. The highest BCUT2D eigenvalue weighted by Crippen LogP contribution is 2.15. The molecule has 1 aromatic rings. The van der Waals surface area contributed by atoms with Gasteiger partial charge in [0, 0.05) is 19.2 Å². The van der Waals surface area contributed by atoms with Crippen LogP contribution in [0.4, 0.5) is 5.69 Å². The Balaban J connectivity index is 1.86. The number of hydrogen-bond donors (Lipinski definition) is 2. The van der Waals surface area contributed by atoms with Gasteiger partial charge in [0.25, 0.3) is 0 Å². The van der Waals surface area contributed by atoms with Crippen LogP contribution in [0, 0.1) is 0 Å². The van der Waals surface area contributed by atoms with Crippen molar-refractivity contribution in [3.8, 4) is 5.75 Å². The summed E-state index contributed by atoms with van der Waals surface area (Å²) in [5.41, 5.74) is 0.979. The smallest absolute Gasteiger partial charge is 0.139 e. The quantitative estimate of drug-likeness (QED) is 0.780. The van der Waals surface area contributed by atoms with E-state index >= 15 is 0 Å². The van der Waals surface area contributed by atoms with E-state index in [0.717, 1.165) is 24.6 Å². The van der Waals surface area contributed by atoms with Crippen molar-refractivity contribution < 1.29 is 4.74 Å². The van der Waals surface area contributed by atoms with Crippen molar-refractivity contribution in [3.63, 3.8) is 0 Å². The average Bonchev–Trinajstić information content (AvgIpc) is 2.79. The van der Waals surface area contributed by atoms with Gasteiger partial charge in [-0.05, 0) is 19.4 Å². The van der Waals surface area contributed by atoms with E-state index in [1.807, 2.05) is 13.1 Å². The van der Waals surface area contributed by atoms with E-state index in [4.69, 9.17) is 4.74 Å². The van der Waals surface area contributed by atoms with Gasteiger partial charge in [0.15, 0.2) is 0 Å². The maximum absolute atomic E-state index is 5.67. The predicted octanol–water partition coefficient (Wildman–Crippen LogP) is 1.25. The summed E-state index contributed by atoms with van der Waals surface area (Å²) in [6, 6.07) is 2.46. The standard InChI is InChI=1S/C11H17N3O/c1-12-10-5-11(7-13-6-10)15-8-9-3-2-4-14-9/h5-7,9,12,14H,2-4,8H2,1H3/t9-/m1/s1. The van der Waals surface area contributed by atoms with Gasteiger partial charge in [0.1, 0.15) is 12.4 Å². The number of nitrogens with zero attached hydrogens (tertiary/aromatic N) is 1. The van der Waals surface area contributed by atoms with Crippen molar-refractivity contribution in [1.82, 2.24) is 10.3 Å². The van der Waals surface area contributed by atoms with E-state index in [1.54, 1.807) is 12.4 Å². The highest BCUT2D eigenvalue weighted by atomic mass is 16.5. The molecule has 0 amide bonds. The van der Waals surface area contributed by atoms with Crippen molar-refractivity contribution in [1.29, 1.82) is 0 Å². The molecule has 4 nitrogen and oxygen atoms in total. The van der Waals surface area contributed by atoms with Gasteiger partial charge in [0.2, 0.25) is 0 Å². The first-order chi connectivity index (χ1) is 7.38. The molecule has 0 unspecified atom stereocenters. The van der Waals surface area contributed by atoms with Crippen LogP contribution in [0.25, 0.3) is 0 Å². The van der Waals surface area contributed by atoms with Gasteiger partial charge < -0.3 is 15.4 Å². The third-order valence-corrected chi connectivity index (χ3v) is 2.62. The van der Waals surface area contributed by atoms with Gasteiger partial charge in [-0.2, -0.15) is 0 Å². The Kier molecular flexibility index (Phi) is 3.40. The summed E-state index contributed by atoms with van der Waals surface area (Å²) >= 11 is 0. The monoisotopic (exact) mass is 207 g/mol. The molecule has 15 heavy (non-hydrogen) atoms. The average molecular weight is 207 g/mol. The second-order valence-corrected chi connectivity index (χ2v) is 3.76. The fourth-order valence-electron chi connectivity index (χ4n) is 1.73. The minimum absolute atomic E-state index is 0.503. The summed E-state index contributed by atoms with van der Waals surface area (Å²) in [5.74, 6) is 0.829. The Morgan fingerprint density at radius 2 is 2.53 bits per heavy atom. The fraction of sp³-hybridized carbons (Fsp3) is 0.545. The van der Waals surface area contributed by atoms with Gasteiger partial charge >= 0.3 is 0 Å². The van der Waals surface area contributed by atoms with Crippen LogP contribution < -0.4 is 15.4 Å². The lowest BCUT2D eigenvalue weighted by Crippen LogP contribution is -2.28. The summed E-state index contributed by atoms with van der Waals surface area (Å²) in [6.07, 6.45) is 5.98. The third-order valence-electron chi connectivity index (χ3n) is 2.62. The Hall–Kier alpha value is -1.29. The normalized spacial score (nSPS) is 20.2. The Bertz CT molecular complexity index is 310. The summed E-state index contributed by atoms with van der Waals surface area (Å²) < 4.78 is 5.67. The van der Waals surface area contributed by atoms with E-state index in [0.29, 0.717) is 6.04 Å². The zero-order valence-corrected chi connectivity index (χ0v) is 8.99. The van der Waals surface area contributed by atoms with Crippen LogP contribution in [0.3, 0.4) is 0 Å². The molecule has 1 fully saturated rings. The summed E-state index contributed by atoms with van der Waals surface area (Å²) in [6.45, 7) is 1.84. The number of pyridine rings is 1. The van der Waals surface area contributed by atoms with Crippen molar-refractivity contribution in [2.24, 2.45) is 0 Å². The Morgan fingerprint density at radius 1 is 1.60 bits per heavy atom. The summed E-state index contributed by atoms with van der Waals surface area (Å²) in [4.78, 5) is 4.09. The van der Waals surface area contributed by atoms with Crippen molar-refractivity contribution in [3.05, 3.63) is 18.5 Å². The molecular weight excluding hydrogens is 190 g/mol. The molecule has 1 atom stereocenters. The molecule has 2 rings (SSSR count). The molecule has 0 radical (unpaired) electrons. The SMILES string of the molecule is CNc1cncc(OC[C@H]2CCCN2)c1. The van der Waals surface area contributed by atoms with Gasteiger partial charge in [-0.1, -0.05) is 0 Å². The molecule has 4 heteroatoms. The van der Waals surface area contributed by atoms with Crippen LogP contribution >= 0.6 is 0 Å². The van der Waals surface area contributed by atoms with Gasteiger partial charge in [-0.3, -0.25) is 4.98 Å². The molecule has 82 valence electrons. The maximum Gasteiger partial charge on any atom is 0.139 e. The second-order valence-electron chi connectivity index (χ2n) is 3.76. The lowest BCUT2D eigenvalue weighted by atomic mass is 10.2. The first kappa shape index (κ1) is 10.2. The van der Waals surface area contributed by atoms with Crippen LogP contribution in [0.2, 0.25) is 0 Å². The number of ether oxygens (including phenoxy) is 1. The van der Waals surface area contributed by atoms with Crippen LogP contribution in [0.1, 0.15) is 12.8 Å². The van der Waals surface area contributed by atoms with E-state index < -0.39 is 0 Å². The zero-order valence-electron chi connectivity index (χ0n) is 8.99. The van der Waals surface area contributed by atoms with Crippen LogP contribution in [0.5, 0.6) is 5.75 Å². The minimum Gasteiger partial charge on any atom is -0.490 e. The molecule has 0 spiro atoms. The number of rotatable bonds is 4. The first-order valence-electron chi connectivity index (χ1n) is 5.37. The largest absolute Gasteiger partial charge is 0.490 e. The minimum atomic E-state index is 0.503. The molecular formula is C11H17N3O. The molecule has 2 heterocycles. The zero-order chi connectivity index (χ0) is 10.5. The van der Waals surface area contributed by atoms with Crippen molar-refractivity contribution in [2.45, 2.75) is 18.9 Å². The first-order valence-corrected chi connectivity index (χ1v) is 5.37. The van der Waals surface area contributed by atoms with Gasteiger partial charge in [0.05, 0.1) is 18.1 Å². The highest BCUT2D eigenvalue weighted by molar-refractivity contribution is 5.44. The molecule has 1 aliphatic rings. The lowest BCUT2D eigenvalue weighted by Gasteiger charge is -2.12. The molecule has 0 bridgehead atoms. The molecule has 0 aromatic carbocycles. The second kappa shape index (κ2) is 4.98. The van der Waals surface area contributed by atoms with E-state index in [2.05, 4.69) is 15.6 Å². The van der Waals surface area contributed by atoms with Gasteiger partial charge in [-0.15, -0.1) is 0 Å². The molecule has 2 N–H and O–H groups in total. The molecule has 0 aliphatic carbocycles. The van der Waals surface area contributed by atoms with E-state index in [-0.39, 0.29) is 0 Å². The highest BCUT2D eigenvalue weighted by Gasteiger charge is 2.14. The number of aromatic nitrogens is 1. The van der Waals surface area contributed by atoms with Crippen LogP contribution in [-0.2, 0) is 0 Å². The molecule has 0 saturated carbocycles. The Labute approximate surface area is 90.0 Å². The fourth-order valence-corrected chi connectivity index (χ4v) is 1.73. The number of hydrogen-bond acceptors (Lipinski definition) is 4. The number of anilines is 1. The predicted molar refractivity (Wildman–Crippen MR) is 60.3 cm³/mol. The topological polar surface area (TPSA) is 46.2 Å². The molecule has 1 aromatic heterocycles. The van der Waals surface area contributed by atoms with Crippen LogP contribution in [0.15, 0.2) is 18.5 Å². The summed E-state index contributed by atoms with van der Waals surface area (Å²) in [7, 11) is 1.87. The molecule has 1 saturated heterocycles.